The van der Waals surface area contributed by atoms with Gasteiger partial charge in [-0.3, -0.25) is 19.2 Å². The molecule has 0 fully saturated rings. The van der Waals surface area contributed by atoms with E-state index in [0.29, 0.717) is 10.5 Å². The predicted octanol–water partition coefficient (Wildman–Crippen LogP) is 2.60. The molecule has 0 aliphatic carbocycles. The van der Waals surface area contributed by atoms with Crippen LogP contribution in [-0.2, 0) is 46.5 Å². The summed E-state index contributed by atoms with van der Waals surface area (Å²) in [4.78, 5) is 78.6. The fraction of sp³-hybridized carbons (Fsp3) is 0.526. The molecule has 5 amide bonds. The summed E-state index contributed by atoms with van der Waals surface area (Å²) in [7, 11) is 1.23. The van der Waals surface area contributed by atoms with E-state index in [9.17, 15) is 33.9 Å². The number of ether oxygens (including phenoxy) is 2. The van der Waals surface area contributed by atoms with Gasteiger partial charge in [-0.1, -0.05) is 88.4 Å². The summed E-state index contributed by atoms with van der Waals surface area (Å²) >= 11 is 0. The Bertz CT molecular complexity index is 1470. The van der Waals surface area contributed by atoms with Crippen LogP contribution in [0.15, 0.2) is 60.7 Å². The van der Waals surface area contributed by atoms with Crippen LogP contribution < -0.4 is 21.7 Å². The topological polar surface area (TPSA) is 206 Å². The molecule has 6 atom stereocenters. The van der Waals surface area contributed by atoms with Crippen molar-refractivity contribution >= 4 is 35.7 Å². The van der Waals surface area contributed by atoms with Crippen molar-refractivity contribution in [2.45, 2.75) is 110 Å². The summed E-state index contributed by atoms with van der Waals surface area (Å²) < 4.78 is 10.2. The van der Waals surface area contributed by atoms with Gasteiger partial charge < -0.3 is 36.3 Å². The van der Waals surface area contributed by atoms with Gasteiger partial charge in [-0.25, -0.2) is 14.5 Å². The second-order valence-electron chi connectivity index (χ2n) is 13.5. The van der Waals surface area contributed by atoms with Gasteiger partial charge >= 0.3 is 12.1 Å². The molecule has 0 bridgehead atoms. The van der Waals surface area contributed by atoms with Crippen molar-refractivity contribution in [1.29, 1.82) is 0 Å². The van der Waals surface area contributed by atoms with Crippen LogP contribution in [0.2, 0.25) is 0 Å². The molecular weight excluding hydrogens is 670 g/mol. The van der Waals surface area contributed by atoms with E-state index < -0.39 is 72.0 Å². The SMILES string of the molecule is COC(=O)C(NC(=O)C(NC(=O)CCC[C@H](O)[C@H](Cc1ccccc1)NC(=O)[C@H](C)N(C(=O)OCc1ccccc1)C(=O)[C@H](C)N)C(C)C)C(C)C. The Morgan fingerprint density at radius 1 is 0.769 bits per heavy atom. The quantitative estimate of drug-likeness (QED) is 0.134. The number of nitrogens with two attached hydrogens (primary N) is 1. The highest BCUT2D eigenvalue weighted by Crippen LogP contribution is 2.15. The zero-order valence-corrected chi connectivity index (χ0v) is 31.2. The molecule has 0 spiro atoms. The van der Waals surface area contributed by atoms with Crippen molar-refractivity contribution in [2.24, 2.45) is 17.6 Å². The number of esters is 1. The van der Waals surface area contributed by atoms with Gasteiger partial charge in [-0.15, -0.1) is 0 Å². The lowest BCUT2D eigenvalue weighted by Crippen LogP contribution is -2.57. The third-order valence-corrected chi connectivity index (χ3v) is 8.47. The minimum Gasteiger partial charge on any atom is -0.467 e. The molecule has 0 saturated carbocycles. The number of carbonyl (C=O) groups excluding carboxylic acids is 6. The standard InChI is InChI=1S/C38H55N5O9/c1-23(2)32(35(47)42-33(24(3)4)37(49)51-7)41-31(45)20-14-19-30(44)29(21-27-15-10-8-11-16-27)40-34(46)26(6)43(36(48)25(5)39)38(50)52-22-28-17-12-9-13-18-28/h8-13,15-18,23-26,29-30,32-33,44H,14,19-22,39H2,1-7H3,(H,40,46)(H,41,45)(H,42,47)/t25-,26-,29-,30-,32?,33?/m0/s1. The Balaban J connectivity index is 2.13. The lowest BCUT2D eigenvalue weighted by molar-refractivity contribution is -0.146. The van der Waals surface area contributed by atoms with E-state index in [1.54, 1.807) is 58.0 Å². The van der Waals surface area contributed by atoms with E-state index >= 15 is 0 Å². The smallest absolute Gasteiger partial charge is 0.417 e. The van der Waals surface area contributed by atoms with E-state index in [2.05, 4.69) is 16.0 Å². The van der Waals surface area contributed by atoms with Crippen molar-refractivity contribution in [2.75, 3.05) is 7.11 Å². The number of aliphatic hydroxyl groups excluding tert-OH is 1. The molecule has 0 aliphatic rings. The van der Waals surface area contributed by atoms with Gasteiger partial charge in [-0.05, 0) is 56.1 Å². The Hall–Kier alpha value is -4.82. The molecule has 286 valence electrons. The van der Waals surface area contributed by atoms with E-state index in [1.807, 2.05) is 30.3 Å². The van der Waals surface area contributed by atoms with E-state index in [-0.39, 0.29) is 44.1 Å². The van der Waals surface area contributed by atoms with Crippen molar-refractivity contribution in [1.82, 2.24) is 20.9 Å². The van der Waals surface area contributed by atoms with Crippen molar-refractivity contribution < 1.29 is 43.3 Å². The lowest BCUT2D eigenvalue weighted by Gasteiger charge is -2.30. The number of nitrogens with one attached hydrogen (secondary N) is 3. The number of aliphatic hydroxyl groups is 1. The first-order valence-electron chi connectivity index (χ1n) is 17.6. The molecule has 2 aromatic carbocycles. The highest BCUT2D eigenvalue weighted by Gasteiger charge is 2.36. The summed E-state index contributed by atoms with van der Waals surface area (Å²) in [6, 6.07) is 12.8. The van der Waals surface area contributed by atoms with Crippen molar-refractivity contribution in [3.05, 3.63) is 71.8 Å². The molecule has 14 heteroatoms. The van der Waals surface area contributed by atoms with Crippen LogP contribution in [0.3, 0.4) is 0 Å². The summed E-state index contributed by atoms with van der Waals surface area (Å²) in [6.07, 6.45) is -1.71. The summed E-state index contributed by atoms with van der Waals surface area (Å²) in [5, 5.41) is 19.5. The molecule has 0 saturated heterocycles. The van der Waals surface area contributed by atoms with Gasteiger partial charge in [0.2, 0.25) is 23.6 Å². The van der Waals surface area contributed by atoms with E-state index in [4.69, 9.17) is 15.2 Å². The van der Waals surface area contributed by atoms with Gasteiger partial charge in [0.1, 0.15) is 24.7 Å². The van der Waals surface area contributed by atoms with Crippen LogP contribution in [0, 0.1) is 11.8 Å². The number of hydrogen-bond acceptors (Lipinski definition) is 10. The molecule has 6 N–H and O–H groups in total. The third-order valence-electron chi connectivity index (χ3n) is 8.47. The molecule has 0 aromatic heterocycles. The van der Waals surface area contributed by atoms with E-state index in [0.717, 1.165) is 5.56 Å². The van der Waals surface area contributed by atoms with Crippen LogP contribution in [0.5, 0.6) is 0 Å². The zero-order chi connectivity index (χ0) is 39.0. The maximum absolute atomic E-state index is 13.6. The molecule has 0 heterocycles. The minimum atomic E-state index is -1.34. The highest BCUT2D eigenvalue weighted by atomic mass is 16.6. The molecule has 52 heavy (non-hydrogen) atoms. The number of amides is 5. The molecule has 2 aromatic rings. The second kappa shape index (κ2) is 21.5. The number of rotatable bonds is 19. The number of methoxy groups -OCH3 is 1. The Labute approximate surface area is 306 Å². The molecular formula is C38H55N5O9. The van der Waals surface area contributed by atoms with Gasteiger partial charge in [0.15, 0.2) is 0 Å². The number of imide groups is 1. The molecule has 0 aliphatic heterocycles. The van der Waals surface area contributed by atoms with Crippen molar-refractivity contribution in [3.8, 4) is 0 Å². The maximum Gasteiger partial charge on any atom is 0.417 e. The average molecular weight is 726 g/mol. The number of benzene rings is 2. The maximum atomic E-state index is 13.6. The summed E-state index contributed by atoms with van der Waals surface area (Å²) in [6.45, 7) is 9.69. The van der Waals surface area contributed by atoms with Gasteiger partial charge in [0.05, 0.1) is 25.3 Å². The summed E-state index contributed by atoms with van der Waals surface area (Å²) in [5.41, 5.74) is 7.31. The van der Waals surface area contributed by atoms with Crippen molar-refractivity contribution in [3.63, 3.8) is 0 Å². The van der Waals surface area contributed by atoms with Gasteiger partial charge in [0.25, 0.3) is 0 Å². The Morgan fingerprint density at radius 3 is 1.85 bits per heavy atom. The molecule has 14 nitrogen and oxygen atoms in total. The Morgan fingerprint density at radius 2 is 1.33 bits per heavy atom. The second-order valence-corrected chi connectivity index (χ2v) is 13.5. The number of hydrogen-bond donors (Lipinski definition) is 5. The largest absolute Gasteiger partial charge is 0.467 e. The van der Waals surface area contributed by atoms with Gasteiger partial charge in [-0.2, -0.15) is 0 Å². The average Bonchev–Trinajstić information content (AvgIpc) is 3.11. The lowest BCUT2D eigenvalue weighted by atomic mass is 9.96. The van der Waals surface area contributed by atoms with Gasteiger partial charge in [0, 0.05) is 6.42 Å². The predicted molar refractivity (Wildman–Crippen MR) is 194 cm³/mol. The highest BCUT2D eigenvalue weighted by molar-refractivity contribution is 5.99. The zero-order valence-electron chi connectivity index (χ0n) is 31.2. The van der Waals surface area contributed by atoms with Crippen LogP contribution in [0.1, 0.15) is 71.9 Å². The van der Waals surface area contributed by atoms with Crippen LogP contribution in [-0.4, -0.2) is 89.1 Å². The first kappa shape index (κ1) is 43.3. The fourth-order valence-corrected chi connectivity index (χ4v) is 5.34. The molecule has 2 rings (SSSR count). The number of carbonyl (C=O) groups is 6. The van der Waals surface area contributed by atoms with Crippen LogP contribution >= 0.6 is 0 Å². The monoisotopic (exact) mass is 725 g/mol. The third kappa shape index (κ3) is 13.7. The fourth-order valence-electron chi connectivity index (χ4n) is 5.34. The minimum absolute atomic E-state index is 0.0372. The van der Waals surface area contributed by atoms with Crippen LogP contribution in [0.4, 0.5) is 4.79 Å². The van der Waals surface area contributed by atoms with E-state index in [1.165, 1.54) is 21.0 Å². The first-order chi connectivity index (χ1) is 24.6. The first-order valence-corrected chi connectivity index (χ1v) is 17.6. The van der Waals surface area contributed by atoms with Crippen LogP contribution in [0.25, 0.3) is 0 Å². The number of nitrogens with zero attached hydrogens (tertiary/aromatic N) is 1. The molecule has 0 radical (unpaired) electrons. The Kier molecular flexibility index (Phi) is 17.9. The summed E-state index contributed by atoms with van der Waals surface area (Å²) in [5.74, 6) is -3.61. The molecule has 2 unspecified atom stereocenters. The normalized spacial score (nSPS) is 14.6.